The van der Waals surface area contributed by atoms with Gasteiger partial charge in [0.15, 0.2) is 0 Å². The van der Waals surface area contributed by atoms with Crippen LogP contribution in [0.5, 0.6) is 11.5 Å². The van der Waals surface area contributed by atoms with Crippen molar-refractivity contribution in [3.63, 3.8) is 0 Å². The van der Waals surface area contributed by atoms with E-state index in [1.165, 1.54) is 36.4 Å². The summed E-state index contributed by atoms with van der Waals surface area (Å²) in [4.78, 5) is 120. The Morgan fingerprint density at radius 3 is 1.25 bits per heavy atom. The first-order valence-electron chi connectivity index (χ1n) is 24.4. The van der Waals surface area contributed by atoms with Crippen LogP contribution in [0.4, 0.5) is 0 Å². The Morgan fingerprint density at radius 1 is 0.466 bits per heavy atom. The molecule has 0 unspecified atom stereocenters. The first-order valence-corrected chi connectivity index (χ1v) is 24.4. The standard InChI is InChI=1S/C49H76N10O14/c1-26(2)39(46(69)55-36(20-21-38(63)64)45(68)59-41(28(5)60)48(71)56-37(49(72)73)25-30-14-18-32(62)19-15-30)58-47(70)40(27(3)4)57-44(67)35(11-7-9-23-51)54-43(66)34(10-6-8-22-50)53-42(65)33(52)24-29-12-16-31(61)17-13-29/h12-19,26-28,33-37,39-41,60-62H,6-11,20-25,50-52H2,1-5H3,(H,53,65)(H,54,66)(H,55,69)(H,56,71)(H,57,67)(H,58,70)(H,59,68)(H,63,64)(H,72,73)/t28-,33+,34+,35+,36+,37+,39+,40+,41+/m1/s1. The summed E-state index contributed by atoms with van der Waals surface area (Å²) in [6, 6.07) is 0.464. The van der Waals surface area contributed by atoms with E-state index in [0.717, 1.165) is 6.92 Å². The molecule has 0 fully saturated rings. The van der Waals surface area contributed by atoms with E-state index >= 15 is 0 Å². The topological polar surface area (TPSA) is 417 Å². The third-order valence-corrected chi connectivity index (χ3v) is 11.7. The van der Waals surface area contributed by atoms with Gasteiger partial charge in [-0.05, 0) is 119 Å². The van der Waals surface area contributed by atoms with Gasteiger partial charge in [0, 0.05) is 12.8 Å². The van der Waals surface area contributed by atoms with Gasteiger partial charge in [0.25, 0.3) is 0 Å². The number of aliphatic hydroxyl groups is 1. The number of hydrogen-bond acceptors (Lipinski definition) is 15. The van der Waals surface area contributed by atoms with Crippen LogP contribution in [0.1, 0.15) is 97.1 Å². The minimum Gasteiger partial charge on any atom is -0.508 e. The maximum atomic E-state index is 14.1. The summed E-state index contributed by atoms with van der Waals surface area (Å²) in [5.74, 6) is -10.3. The molecule has 0 heterocycles. The van der Waals surface area contributed by atoms with Gasteiger partial charge in [0.1, 0.15) is 53.8 Å². The van der Waals surface area contributed by atoms with Crippen LogP contribution in [-0.4, -0.2) is 146 Å². The summed E-state index contributed by atoms with van der Waals surface area (Å²) in [5.41, 5.74) is 18.7. The molecule has 2 aromatic rings. The predicted molar refractivity (Wildman–Crippen MR) is 267 cm³/mol. The van der Waals surface area contributed by atoms with Crippen molar-refractivity contribution in [1.82, 2.24) is 37.2 Å². The number of amides is 7. The van der Waals surface area contributed by atoms with Crippen LogP contribution in [0.15, 0.2) is 48.5 Å². The number of carboxylic acid groups (broad SMARTS) is 2. The summed E-state index contributed by atoms with van der Waals surface area (Å²) >= 11 is 0. The number of rotatable bonds is 33. The number of benzene rings is 2. The number of aliphatic hydroxyl groups excluding tert-OH is 1. The molecule has 24 heteroatoms. The fourth-order valence-electron chi connectivity index (χ4n) is 7.41. The maximum absolute atomic E-state index is 14.1. The van der Waals surface area contributed by atoms with E-state index in [0.29, 0.717) is 43.4 Å². The molecule has 7 amide bonds. The number of aliphatic carboxylic acids is 2. The molecule has 0 aromatic heterocycles. The lowest BCUT2D eigenvalue weighted by atomic mass is 9.98. The average Bonchev–Trinajstić information content (AvgIpc) is 3.32. The number of carbonyl (C=O) groups is 9. The molecule has 0 spiro atoms. The fourth-order valence-corrected chi connectivity index (χ4v) is 7.41. The SMILES string of the molecule is CC(C)[C@H](NC(=O)[C@H](CCCCN)NC(=O)[C@H](CCCCN)NC(=O)[C@@H](N)Cc1ccc(O)cc1)C(=O)N[C@H](C(=O)N[C@@H](CCC(=O)O)C(=O)N[C@H](C(=O)N[C@@H](Cc1ccc(O)cc1)C(=O)O)[C@@H](C)O)C(C)C. The number of phenolic OH excluding ortho intramolecular Hbond substituents is 2. The van der Waals surface area contributed by atoms with Crippen molar-refractivity contribution >= 4 is 53.3 Å². The lowest BCUT2D eigenvalue weighted by Gasteiger charge is -2.30. The van der Waals surface area contributed by atoms with Crippen LogP contribution >= 0.6 is 0 Å². The number of carbonyl (C=O) groups excluding carboxylic acids is 7. The lowest BCUT2D eigenvalue weighted by Crippen LogP contribution is -2.62. The molecule has 0 aliphatic heterocycles. The van der Waals surface area contributed by atoms with E-state index < -0.39 is 132 Å². The van der Waals surface area contributed by atoms with Crippen molar-refractivity contribution in [2.75, 3.05) is 13.1 Å². The molecule has 0 radical (unpaired) electrons. The molecular formula is C49H76N10O14. The number of hydrogen-bond donors (Lipinski definition) is 15. The third-order valence-electron chi connectivity index (χ3n) is 11.7. The van der Waals surface area contributed by atoms with Crippen molar-refractivity contribution < 1.29 is 68.7 Å². The summed E-state index contributed by atoms with van der Waals surface area (Å²) in [6.45, 7) is 8.10. The van der Waals surface area contributed by atoms with Crippen LogP contribution in [0.25, 0.3) is 0 Å². The first-order chi connectivity index (χ1) is 34.4. The van der Waals surface area contributed by atoms with E-state index in [-0.39, 0.29) is 43.7 Å². The second-order valence-corrected chi connectivity index (χ2v) is 18.6. The fraction of sp³-hybridized carbons (Fsp3) is 0.571. The van der Waals surface area contributed by atoms with Crippen molar-refractivity contribution in [3.8, 4) is 11.5 Å². The molecule has 0 saturated carbocycles. The highest BCUT2D eigenvalue weighted by Gasteiger charge is 2.37. The van der Waals surface area contributed by atoms with Gasteiger partial charge in [-0.15, -0.1) is 0 Å². The number of unbranched alkanes of at least 4 members (excludes halogenated alkanes) is 2. The second-order valence-electron chi connectivity index (χ2n) is 18.6. The number of carboxylic acids is 2. The zero-order valence-corrected chi connectivity index (χ0v) is 42.1. The van der Waals surface area contributed by atoms with E-state index in [9.17, 15) is 68.7 Å². The Bertz CT molecular complexity index is 2140. The maximum Gasteiger partial charge on any atom is 0.326 e. The number of nitrogens with two attached hydrogens (primary N) is 3. The molecule has 2 aromatic carbocycles. The summed E-state index contributed by atoms with van der Waals surface area (Å²) in [5, 5.41) is 66.7. The third kappa shape index (κ3) is 22.2. The van der Waals surface area contributed by atoms with Gasteiger partial charge < -0.3 is 80.0 Å². The molecule has 0 aliphatic rings. The van der Waals surface area contributed by atoms with E-state index in [1.807, 2.05) is 0 Å². The molecule has 9 atom stereocenters. The Kier molecular flexibility index (Phi) is 26.9. The van der Waals surface area contributed by atoms with Gasteiger partial charge in [0.05, 0.1) is 12.1 Å². The Hall–Kier alpha value is -6.89. The minimum atomic E-state index is -1.79. The van der Waals surface area contributed by atoms with Crippen LogP contribution in [-0.2, 0) is 56.0 Å². The number of nitrogens with one attached hydrogen (secondary N) is 7. The zero-order valence-electron chi connectivity index (χ0n) is 42.1. The Balaban J connectivity index is 2.30. The van der Waals surface area contributed by atoms with Crippen LogP contribution in [0.3, 0.4) is 0 Å². The Labute approximate surface area is 424 Å². The molecule has 18 N–H and O–H groups in total. The number of phenols is 2. The number of aromatic hydroxyl groups is 2. The lowest BCUT2D eigenvalue weighted by molar-refractivity contribution is -0.143. The molecule has 73 heavy (non-hydrogen) atoms. The highest BCUT2D eigenvalue weighted by Crippen LogP contribution is 2.15. The van der Waals surface area contributed by atoms with Gasteiger partial charge in [-0.1, -0.05) is 52.0 Å². The van der Waals surface area contributed by atoms with Crippen molar-refractivity contribution in [1.29, 1.82) is 0 Å². The average molecular weight is 1030 g/mol. The van der Waals surface area contributed by atoms with Gasteiger partial charge in [-0.2, -0.15) is 0 Å². The monoisotopic (exact) mass is 1030 g/mol. The van der Waals surface area contributed by atoms with E-state index in [2.05, 4.69) is 37.2 Å². The van der Waals surface area contributed by atoms with Gasteiger partial charge in [0.2, 0.25) is 41.4 Å². The smallest absolute Gasteiger partial charge is 0.326 e. The molecule has 2 rings (SSSR count). The zero-order chi connectivity index (χ0) is 54.9. The molecule has 24 nitrogen and oxygen atoms in total. The van der Waals surface area contributed by atoms with Crippen LogP contribution < -0.4 is 54.4 Å². The van der Waals surface area contributed by atoms with E-state index in [4.69, 9.17) is 17.2 Å². The van der Waals surface area contributed by atoms with Crippen molar-refractivity contribution in [2.24, 2.45) is 29.0 Å². The first kappa shape index (κ1) is 62.2. The second kappa shape index (κ2) is 31.5. The highest BCUT2D eigenvalue weighted by atomic mass is 16.4. The van der Waals surface area contributed by atoms with Gasteiger partial charge in [-0.3, -0.25) is 38.4 Å². The molecule has 0 aliphatic carbocycles. The van der Waals surface area contributed by atoms with Crippen molar-refractivity contribution in [2.45, 2.75) is 153 Å². The van der Waals surface area contributed by atoms with Crippen LogP contribution in [0, 0.1) is 11.8 Å². The summed E-state index contributed by atoms with van der Waals surface area (Å²) < 4.78 is 0. The normalized spacial score (nSPS) is 14.9. The summed E-state index contributed by atoms with van der Waals surface area (Å²) in [6.07, 6.45) is -0.888. The molecule has 406 valence electrons. The molecule has 0 bridgehead atoms. The van der Waals surface area contributed by atoms with Gasteiger partial charge >= 0.3 is 11.9 Å². The predicted octanol–water partition coefficient (Wildman–Crippen LogP) is -1.50. The Morgan fingerprint density at radius 2 is 0.822 bits per heavy atom. The van der Waals surface area contributed by atoms with Crippen molar-refractivity contribution in [3.05, 3.63) is 59.7 Å². The highest BCUT2D eigenvalue weighted by molar-refractivity contribution is 5.98. The largest absolute Gasteiger partial charge is 0.508 e. The van der Waals surface area contributed by atoms with E-state index in [1.54, 1.807) is 39.8 Å². The quantitative estimate of drug-likeness (QED) is 0.0362. The van der Waals surface area contributed by atoms with Crippen LogP contribution in [0.2, 0.25) is 0 Å². The minimum absolute atomic E-state index is 0.0341. The molecular weight excluding hydrogens is 953 g/mol. The van der Waals surface area contributed by atoms with Gasteiger partial charge in [-0.25, -0.2) is 4.79 Å². The summed E-state index contributed by atoms with van der Waals surface area (Å²) in [7, 11) is 0. The molecule has 0 saturated heterocycles.